The Bertz CT molecular complexity index is 1840. The topological polar surface area (TPSA) is 181 Å². The van der Waals surface area contributed by atoms with Crippen LogP contribution in [0.2, 0.25) is 0 Å². The van der Waals surface area contributed by atoms with E-state index in [-0.39, 0.29) is 68.6 Å². The minimum Gasteiger partial charge on any atom is -0.508 e. The number of phenols is 6. The number of ether oxygens (including phenoxy) is 1. The molecule has 0 spiro atoms. The second-order valence-electron chi connectivity index (χ2n) is 9.52. The van der Waals surface area contributed by atoms with Crippen LogP contribution in [0.25, 0.3) is 33.4 Å². The van der Waals surface area contributed by atoms with Crippen molar-refractivity contribution < 1.29 is 44.9 Å². The lowest BCUT2D eigenvalue weighted by molar-refractivity contribution is 0.0202. The van der Waals surface area contributed by atoms with Gasteiger partial charge in [-0.25, -0.2) is 0 Å². The maximum Gasteiger partial charge on any atom is 0.205 e. The summed E-state index contributed by atoms with van der Waals surface area (Å²) in [5.74, 6) is -2.05. The van der Waals surface area contributed by atoms with Gasteiger partial charge in [0.1, 0.15) is 63.1 Å². The SMILES string of the molecule is O=c1c(-c2c(O)cc(O)c3c2O[C@H](c2ccc(O)cc2)[C@@H](O)C3)c(-c2ccc(O)cc2)oc2cc(O)cc(O)c12. The van der Waals surface area contributed by atoms with Crippen LogP contribution in [-0.2, 0) is 6.42 Å². The van der Waals surface area contributed by atoms with Crippen molar-refractivity contribution >= 4 is 11.0 Å². The van der Waals surface area contributed by atoms with Crippen molar-refractivity contribution in [2.75, 3.05) is 0 Å². The number of rotatable bonds is 3. The molecule has 6 rings (SSSR count). The average Bonchev–Trinajstić information content (AvgIpc) is 2.90. The lowest BCUT2D eigenvalue weighted by Gasteiger charge is -2.33. The Morgan fingerprint density at radius 2 is 1.35 bits per heavy atom. The van der Waals surface area contributed by atoms with Gasteiger partial charge in [-0.3, -0.25) is 4.79 Å². The van der Waals surface area contributed by atoms with E-state index < -0.39 is 29.1 Å². The fraction of sp³-hybridized carbons (Fsp3) is 0.100. The van der Waals surface area contributed by atoms with Crippen molar-refractivity contribution in [3.8, 4) is 62.7 Å². The molecule has 4 aromatic carbocycles. The minimum atomic E-state index is -1.13. The van der Waals surface area contributed by atoms with E-state index in [1.165, 1.54) is 36.4 Å². The lowest BCUT2D eigenvalue weighted by atomic mass is 9.89. The van der Waals surface area contributed by atoms with Crippen LogP contribution in [0.5, 0.6) is 40.2 Å². The summed E-state index contributed by atoms with van der Waals surface area (Å²) in [6, 6.07) is 14.8. The largest absolute Gasteiger partial charge is 0.508 e. The van der Waals surface area contributed by atoms with E-state index in [1.54, 1.807) is 12.1 Å². The standard InChI is InChI=1S/C30H22O10/c31-15-5-1-13(2-6-15)28-22(37)11-18-19(34)12-21(36)25(30(18)40-28)26-27(38)24-20(35)9-17(33)10-23(24)39-29(26)14-3-7-16(32)8-4-14/h1-10,12,22,28,31-37H,11H2/t22-,28+/m0/s1. The van der Waals surface area contributed by atoms with E-state index >= 15 is 0 Å². The average molecular weight is 542 g/mol. The smallest absolute Gasteiger partial charge is 0.205 e. The fourth-order valence-electron chi connectivity index (χ4n) is 5.04. The van der Waals surface area contributed by atoms with E-state index in [1.807, 2.05) is 0 Å². The lowest BCUT2D eigenvalue weighted by Crippen LogP contribution is -2.31. The maximum atomic E-state index is 14.0. The summed E-state index contributed by atoms with van der Waals surface area (Å²) < 4.78 is 12.2. The molecule has 1 aliphatic rings. The number of aromatic hydroxyl groups is 6. The molecular weight excluding hydrogens is 520 g/mol. The molecule has 0 aliphatic carbocycles. The molecule has 0 amide bonds. The summed E-state index contributed by atoms with van der Waals surface area (Å²) in [5, 5.41) is 72.5. The Kier molecular flexibility index (Phi) is 5.70. The van der Waals surface area contributed by atoms with Crippen LogP contribution in [-0.4, -0.2) is 41.8 Å². The summed E-state index contributed by atoms with van der Waals surface area (Å²) in [5.41, 5.74) is -0.380. The van der Waals surface area contributed by atoms with Gasteiger partial charge in [0.2, 0.25) is 5.43 Å². The maximum absolute atomic E-state index is 14.0. The third-order valence-corrected chi connectivity index (χ3v) is 6.91. The molecule has 0 radical (unpaired) electrons. The minimum absolute atomic E-state index is 0.00332. The van der Waals surface area contributed by atoms with E-state index in [0.29, 0.717) is 11.1 Å². The monoisotopic (exact) mass is 542 g/mol. The van der Waals surface area contributed by atoms with Crippen LogP contribution >= 0.6 is 0 Å². The molecule has 40 heavy (non-hydrogen) atoms. The highest BCUT2D eigenvalue weighted by Crippen LogP contribution is 2.51. The summed E-state index contributed by atoms with van der Waals surface area (Å²) in [6.07, 6.45) is -2.23. The number of hydrogen-bond donors (Lipinski definition) is 7. The van der Waals surface area contributed by atoms with Crippen LogP contribution in [0, 0.1) is 0 Å². The van der Waals surface area contributed by atoms with Crippen molar-refractivity contribution in [1.29, 1.82) is 0 Å². The molecule has 202 valence electrons. The first kappa shape index (κ1) is 25.0. The molecule has 7 N–H and O–H groups in total. The first-order valence-electron chi connectivity index (χ1n) is 12.2. The summed E-state index contributed by atoms with van der Waals surface area (Å²) in [4.78, 5) is 14.0. The Balaban J connectivity index is 1.68. The summed E-state index contributed by atoms with van der Waals surface area (Å²) in [7, 11) is 0. The van der Waals surface area contributed by atoms with Crippen LogP contribution in [0.15, 0.2) is 75.9 Å². The van der Waals surface area contributed by atoms with Gasteiger partial charge < -0.3 is 44.9 Å². The van der Waals surface area contributed by atoms with Crippen molar-refractivity contribution in [3.63, 3.8) is 0 Å². The van der Waals surface area contributed by atoms with Gasteiger partial charge in [0.05, 0.1) is 17.2 Å². The van der Waals surface area contributed by atoms with E-state index in [2.05, 4.69) is 0 Å². The highest BCUT2D eigenvalue weighted by atomic mass is 16.5. The molecule has 1 aliphatic heterocycles. The molecule has 0 bridgehead atoms. The highest BCUT2D eigenvalue weighted by molar-refractivity contribution is 5.96. The third kappa shape index (κ3) is 3.98. The number of phenolic OH excluding ortho intramolecular Hbond substituents is 6. The number of aliphatic hydroxyl groups is 1. The predicted molar refractivity (Wildman–Crippen MR) is 143 cm³/mol. The molecule has 2 heterocycles. The highest BCUT2D eigenvalue weighted by Gasteiger charge is 2.37. The molecule has 1 aromatic heterocycles. The third-order valence-electron chi connectivity index (χ3n) is 6.91. The van der Waals surface area contributed by atoms with Gasteiger partial charge in [0, 0.05) is 35.7 Å². The second-order valence-corrected chi connectivity index (χ2v) is 9.52. The number of hydrogen-bond acceptors (Lipinski definition) is 10. The number of fused-ring (bicyclic) bond motifs is 2. The molecule has 0 saturated heterocycles. The zero-order chi connectivity index (χ0) is 28.3. The van der Waals surface area contributed by atoms with Crippen molar-refractivity contribution in [2.45, 2.75) is 18.6 Å². The van der Waals surface area contributed by atoms with Crippen molar-refractivity contribution in [3.05, 3.63) is 88.1 Å². The number of benzene rings is 4. The van der Waals surface area contributed by atoms with Gasteiger partial charge in [-0.1, -0.05) is 12.1 Å². The zero-order valence-corrected chi connectivity index (χ0v) is 20.6. The Labute approximate surface area is 225 Å². The first-order valence-corrected chi connectivity index (χ1v) is 12.2. The van der Waals surface area contributed by atoms with Crippen LogP contribution < -0.4 is 10.2 Å². The molecule has 10 heteroatoms. The number of aliphatic hydroxyl groups excluding tert-OH is 1. The summed E-state index contributed by atoms with van der Waals surface area (Å²) in [6.45, 7) is 0. The summed E-state index contributed by atoms with van der Waals surface area (Å²) >= 11 is 0. The van der Waals surface area contributed by atoms with Crippen molar-refractivity contribution in [2.24, 2.45) is 0 Å². The Morgan fingerprint density at radius 1 is 0.700 bits per heavy atom. The van der Waals surface area contributed by atoms with Gasteiger partial charge in [-0.05, 0) is 42.0 Å². The van der Waals surface area contributed by atoms with E-state index in [4.69, 9.17) is 9.15 Å². The molecular formula is C30H22O10. The fourth-order valence-corrected chi connectivity index (χ4v) is 5.04. The quantitative estimate of drug-likeness (QED) is 0.173. The molecule has 0 saturated carbocycles. The van der Waals surface area contributed by atoms with Crippen LogP contribution in [0.1, 0.15) is 17.2 Å². The molecule has 10 nitrogen and oxygen atoms in total. The normalized spacial score (nSPS) is 16.4. The van der Waals surface area contributed by atoms with Crippen LogP contribution in [0.4, 0.5) is 0 Å². The Morgan fingerprint density at radius 3 is 2.02 bits per heavy atom. The van der Waals surface area contributed by atoms with Gasteiger partial charge in [0.15, 0.2) is 0 Å². The molecule has 0 unspecified atom stereocenters. The van der Waals surface area contributed by atoms with Gasteiger partial charge >= 0.3 is 0 Å². The van der Waals surface area contributed by atoms with Gasteiger partial charge in [0.25, 0.3) is 0 Å². The first-order chi connectivity index (χ1) is 19.1. The Hall–Kier alpha value is -5.35. The van der Waals surface area contributed by atoms with Gasteiger partial charge in [-0.15, -0.1) is 0 Å². The molecule has 5 aromatic rings. The predicted octanol–water partition coefficient (Wildman–Crippen LogP) is 4.40. The van der Waals surface area contributed by atoms with Gasteiger partial charge in [-0.2, -0.15) is 0 Å². The van der Waals surface area contributed by atoms with E-state index in [9.17, 15) is 40.5 Å². The van der Waals surface area contributed by atoms with E-state index in [0.717, 1.165) is 18.2 Å². The second kappa shape index (κ2) is 9.14. The zero-order valence-electron chi connectivity index (χ0n) is 20.6. The van der Waals surface area contributed by atoms with Crippen molar-refractivity contribution in [1.82, 2.24) is 0 Å². The molecule has 0 fully saturated rings. The molecule has 2 atom stereocenters. The van der Waals surface area contributed by atoms with Crippen LogP contribution in [0.3, 0.4) is 0 Å².